The van der Waals surface area contributed by atoms with Crippen molar-refractivity contribution >= 4 is 22.9 Å². The monoisotopic (exact) mass is 412 g/mol. The molecular weight excluding hydrogens is 392 g/mol. The van der Waals surface area contributed by atoms with Crippen molar-refractivity contribution in [2.45, 2.75) is 19.7 Å². The molecule has 3 aromatic rings. The number of aryl methyl sites for hydroxylation is 1. The van der Waals surface area contributed by atoms with Gasteiger partial charge >= 0.3 is 0 Å². The van der Waals surface area contributed by atoms with Gasteiger partial charge in [0.1, 0.15) is 5.69 Å². The third-order valence-corrected chi connectivity index (χ3v) is 5.48. The highest BCUT2D eigenvalue weighted by Crippen LogP contribution is 2.18. The number of hydroxylamine groups is 2. The molecule has 4 rings (SSSR count). The lowest BCUT2D eigenvalue weighted by Crippen LogP contribution is -3.13. The highest BCUT2D eigenvalue weighted by molar-refractivity contribution is 7.13. The second-order valence-electron chi connectivity index (χ2n) is 6.64. The molecule has 3 N–H and O–H groups in total. The van der Waals surface area contributed by atoms with Gasteiger partial charge in [-0.05, 0) is 43.3 Å². The molecular formula is C19H20N6O3S. The molecule has 2 unspecified atom stereocenters. The van der Waals surface area contributed by atoms with E-state index in [0.29, 0.717) is 10.6 Å². The fourth-order valence-corrected chi connectivity index (χ4v) is 3.69. The molecule has 0 saturated carbocycles. The van der Waals surface area contributed by atoms with E-state index in [9.17, 15) is 15.1 Å². The van der Waals surface area contributed by atoms with Crippen LogP contribution in [0.25, 0.3) is 5.69 Å². The summed E-state index contributed by atoms with van der Waals surface area (Å²) in [4.78, 5) is 15.7. The van der Waals surface area contributed by atoms with Crippen molar-refractivity contribution in [3.8, 4) is 5.69 Å². The summed E-state index contributed by atoms with van der Waals surface area (Å²) >= 11 is 1.45. The Hall–Kier alpha value is -3.05. The molecule has 1 aliphatic rings. The summed E-state index contributed by atoms with van der Waals surface area (Å²) in [5, 5.41) is 32.0. The van der Waals surface area contributed by atoms with Crippen LogP contribution < -0.4 is 15.3 Å². The van der Waals surface area contributed by atoms with Gasteiger partial charge in [0.05, 0.1) is 23.3 Å². The number of nitrogens with zero attached hydrogens (tertiary/aromatic N) is 4. The minimum Gasteiger partial charge on any atom is -0.631 e. The molecule has 0 bridgehead atoms. The first-order valence-electron chi connectivity index (χ1n) is 9.01. The van der Waals surface area contributed by atoms with Crippen LogP contribution in [0.3, 0.4) is 0 Å². The number of thiophene rings is 1. The smallest absolute Gasteiger partial charge is 0.261 e. The van der Waals surface area contributed by atoms with Gasteiger partial charge in [-0.3, -0.25) is 4.79 Å². The lowest BCUT2D eigenvalue weighted by Gasteiger charge is -2.35. The summed E-state index contributed by atoms with van der Waals surface area (Å²) in [5.74, 6) is -0.128. The summed E-state index contributed by atoms with van der Waals surface area (Å²) in [7, 11) is 0. The molecule has 1 aromatic carbocycles. The zero-order chi connectivity index (χ0) is 20.4. The van der Waals surface area contributed by atoms with Gasteiger partial charge in [0, 0.05) is 22.8 Å². The van der Waals surface area contributed by atoms with Crippen molar-refractivity contribution < 1.29 is 15.0 Å². The minimum atomic E-state index is -1.02. The first kappa shape index (κ1) is 19.3. The number of hydrogen-bond donors (Lipinski definition) is 3. The second-order valence-corrected chi connectivity index (χ2v) is 7.93. The van der Waals surface area contributed by atoms with Crippen LogP contribution in [-0.4, -0.2) is 38.9 Å². The van der Waals surface area contributed by atoms with Crippen molar-refractivity contribution in [1.82, 2.24) is 20.3 Å². The summed E-state index contributed by atoms with van der Waals surface area (Å²) in [5.41, 5.74) is 2.29. The maximum atomic E-state index is 12.1. The van der Waals surface area contributed by atoms with Crippen LogP contribution in [0.4, 0.5) is 5.69 Å². The van der Waals surface area contributed by atoms with E-state index < -0.39 is 6.23 Å². The maximum Gasteiger partial charge on any atom is 0.261 e. The normalized spacial score (nSPS) is 18.8. The maximum absolute atomic E-state index is 12.1. The number of carbonyl (C=O) groups excluding carboxylic acids is 1. The number of nitrogens with one attached hydrogen (secondary N) is 2. The van der Waals surface area contributed by atoms with E-state index in [-0.39, 0.29) is 24.2 Å². The van der Waals surface area contributed by atoms with E-state index in [0.717, 1.165) is 16.3 Å². The molecule has 1 amide bonds. The Balaban J connectivity index is 1.39. The Morgan fingerprint density at radius 1 is 1.31 bits per heavy atom. The predicted molar refractivity (Wildman–Crippen MR) is 108 cm³/mol. The summed E-state index contributed by atoms with van der Waals surface area (Å²) in [6.45, 7) is 2.38. The van der Waals surface area contributed by atoms with Crippen LogP contribution in [0.1, 0.15) is 20.2 Å². The Morgan fingerprint density at radius 2 is 2.07 bits per heavy atom. The molecule has 150 valence electrons. The SMILES string of the molecule is Cc1ccc(C(=O)NCc2cn(-c3ccc(N4C=CC(O)[NH+]([O-])C4)cc3)nn2)s1. The molecule has 10 heteroatoms. The summed E-state index contributed by atoms with van der Waals surface area (Å²) in [6.07, 6.45) is 3.90. The number of aromatic nitrogens is 3. The molecule has 29 heavy (non-hydrogen) atoms. The molecule has 0 spiro atoms. The van der Waals surface area contributed by atoms with Gasteiger partial charge in [-0.15, -0.1) is 16.4 Å². The van der Waals surface area contributed by atoms with Crippen LogP contribution in [0, 0.1) is 12.1 Å². The van der Waals surface area contributed by atoms with Gasteiger partial charge in [-0.1, -0.05) is 5.21 Å². The van der Waals surface area contributed by atoms with Crippen LogP contribution in [0.15, 0.2) is 54.9 Å². The second kappa shape index (κ2) is 8.13. The van der Waals surface area contributed by atoms with Crippen LogP contribution in [0.5, 0.6) is 0 Å². The molecule has 0 fully saturated rings. The number of aliphatic hydroxyl groups excluding tert-OH is 1. The Bertz CT molecular complexity index is 1030. The van der Waals surface area contributed by atoms with E-state index in [1.165, 1.54) is 17.4 Å². The molecule has 0 aliphatic carbocycles. The molecule has 9 nitrogen and oxygen atoms in total. The quantitative estimate of drug-likeness (QED) is 0.528. The van der Waals surface area contributed by atoms with Crippen molar-refractivity contribution in [3.63, 3.8) is 0 Å². The average Bonchev–Trinajstić information content (AvgIpc) is 3.38. The molecule has 0 saturated heterocycles. The van der Waals surface area contributed by atoms with E-state index >= 15 is 0 Å². The fraction of sp³-hybridized carbons (Fsp3) is 0.211. The number of rotatable bonds is 5. The van der Waals surface area contributed by atoms with E-state index in [1.54, 1.807) is 28.0 Å². The van der Waals surface area contributed by atoms with Crippen molar-refractivity contribution in [3.05, 3.63) is 75.5 Å². The average molecular weight is 412 g/mol. The Morgan fingerprint density at radius 3 is 2.76 bits per heavy atom. The number of anilines is 1. The number of benzene rings is 1. The Labute approximate surface area is 171 Å². The molecule has 1 aliphatic heterocycles. The third-order valence-electron chi connectivity index (χ3n) is 4.49. The standard InChI is InChI=1S/C19H20N6O3S/c1-13-2-7-17(29-13)19(27)20-10-14-11-24(22-21-14)16-5-3-15(4-6-16)23-9-8-18(26)25(28)12-23/h2-9,11,18,25-26H,10,12H2,1H3,(H,20,27). The third kappa shape index (κ3) is 4.35. The van der Waals surface area contributed by atoms with Gasteiger partial charge in [0.2, 0.25) is 6.23 Å². The largest absolute Gasteiger partial charge is 0.631 e. The van der Waals surface area contributed by atoms with Crippen LogP contribution in [-0.2, 0) is 6.54 Å². The lowest BCUT2D eigenvalue weighted by atomic mass is 10.2. The zero-order valence-electron chi connectivity index (χ0n) is 15.6. The van der Waals surface area contributed by atoms with Gasteiger partial charge in [-0.2, -0.15) is 0 Å². The van der Waals surface area contributed by atoms with E-state index in [2.05, 4.69) is 15.6 Å². The first-order valence-corrected chi connectivity index (χ1v) is 9.83. The highest BCUT2D eigenvalue weighted by atomic mass is 32.1. The zero-order valence-corrected chi connectivity index (χ0v) is 16.5. The number of carbonyl (C=O) groups is 1. The molecule has 2 aromatic heterocycles. The number of quaternary nitrogens is 1. The van der Waals surface area contributed by atoms with Gasteiger partial charge < -0.3 is 25.6 Å². The topological polar surface area (TPSA) is 111 Å². The summed E-state index contributed by atoms with van der Waals surface area (Å²) < 4.78 is 1.63. The fourth-order valence-electron chi connectivity index (χ4n) is 2.90. The van der Waals surface area contributed by atoms with Gasteiger partial charge in [-0.25, -0.2) is 4.68 Å². The number of aliphatic hydroxyl groups is 1. The van der Waals surface area contributed by atoms with Gasteiger partial charge in [0.15, 0.2) is 6.67 Å². The predicted octanol–water partition coefficient (Wildman–Crippen LogP) is 0.560. The van der Waals surface area contributed by atoms with Crippen molar-refractivity contribution in [1.29, 1.82) is 0 Å². The first-order chi connectivity index (χ1) is 14.0. The summed E-state index contributed by atoms with van der Waals surface area (Å²) in [6, 6.07) is 11.2. The van der Waals surface area contributed by atoms with E-state index in [4.69, 9.17) is 0 Å². The van der Waals surface area contributed by atoms with Gasteiger partial charge in [0.25, 0.3) is 5.91 Å². The minimum absolute atomic E-state index is 0.128. The lowest BCUT2D eigenvalue weighted by molar-refractivity contribution is -0.892. The Kier molecular flexibility index (Phi) is 5.41. The van der Waals surface area contributed by atoms with Crippen molar-refractivity contribution in [2.75, 3.05) is 11.6 Å². The molecule has 0 radical (unpaired) electrons. The molecule has 3 heterocycles. The number of amides is 1. The van der Waals surface area contributed by atoms with Crippen molar-refractivity contribution in [2.24, 2.45) is 0 Å². The van der Waals surface area contributed by atoms with Crippen LogP contribution in [0.2, 0.25) is 0 Å². The number of hydrogen-bond acceptors (Lipinski definition) is 7. The van der Waals surface area contributed by atoms with Crippen LogP contribution >= 0.6 is 11.3 Å². The highest BCUT2D eigenvalue weighted by Gasteiger charge is 2.18. The van der Waals surface area contributed by atoms with E-state index in [1.807, 2.05) is 37.3 Å². The molecule has 2 atom stereocenters.